The number of amides is 3. The Morgan fingerprint density at radius 2 is 1.48 bits per heavy atom. The van der Waals surface area contributed by atoms with Gasteiger partial charge in [0.15, 0.2) is 0 Å². The zero-order valence-electron chi connectivity index (χ0n) is 29.0. The van der Waals surface area contributed by atoms with Gasteiger partial charge in [-0.25, -0.2) is 22.9 Å². The van der Waals surface area contributed by atoms with Crippen molar-refractivity contribution in [1.29, 1.82) is 5.41 Å². The zero-order valence-corrected chi connectivity index (χ0v) is 29.8. The predicted octanol–water partition coefficient (Wildman–Crippen LogP) is 6.11. The second-order valence-corrected chi connectivity index (χ2v) is 14.6. The van der Waals surface area contributed by atoms with Crippen LogP contribution in [0, 0.1) is 5.41 Å². The number of carbonyl (C=O) groups is 4. The first-order valence-electron chi connectivity index (χ1n) is 15.6. The molecule has 0 heterocycles. The summed E-state index contributed by atoms with van der Waals surface area (Å²) in [5.41, 5.74) is -1.09. The molecule has 3 rings (SSSR count). The Hall–Kier alpha value is -5.44. The molecule has 0 bridgehead atoms. The van der Waals surface area contributed by atoms with E-state index in [1.165, 1.54) is 30.3 Å². The summed E-state index contributed by atoms with van der Waals surface area (Å²) in [6.07, 6.45) is -2.28. The van der Waals surface area contributed by atoms with Gasteiger partial charge in [-0.2, -0.15) is 0 Å². The summed E-state index contributed by atoms with van der Waals surface area (Å²) in [4.78, 5) is 51.5. The molecule has 50 heavy (non-hydrogen) atoms. The van der Waals surface area contributed by atoms with Crippen molar-refractivity contribution in [3.63, 3.8) is 0 Å². The fraction of sp³-hybridized carbons (Fsp3) is 0.343. The molecule has 3 aromatic rings. The lowest BCUT2D eigenvalue weighted by molar-refractivity contribution is -0.143. The van der Waals surface area contributed by atoms with Gasteiger partial charge >= 0.3 is 18.2 Å². The average Bonchev–Trinajstić information content (AvgIpc) is 2.99. The molecule has 0 aromatic heterocycles. The molecule has 0 fully saturated rings. The Kier molecular flexibility index (Phi) is 12.7. The molecule has 0 radical (unpaired) electrons. The minimum absolute atomic E-state index is 0.102. The minimum Gasteiger partial charge on any atom is -0.466 e. The molecule has 4 N–H and O–H groups in total. The third kappa shape index (κ3) is 11.9. The van der Waals surface area contributed by atoms with E-state index in [1.807, 2.05) is 0 Å². The van der Waals surface area contributed by atoms with Crippen LogP contribution in [0.25, 0.3) is 0 Å². The summed E-state index contributed by atoms with van der Waals surface area (Å²) in [6.45, 7) is 11.5. The number of sulfonamides is 1. The molecule has 0 saturated carbocycles. The van der Waals surface area contributed by atoms with Crippen LogP contribution in [0.1, 0.15) is 76.9 Å². The minimum atomic E-state index is -4.33. The molecule has 0 aliphatic heterocycles. The molecular weight excluding hydrogens is 666 g/mol. The van der Waals surface area contributed by atoms with Gasteiger partial charge in [-0.15, -0.1) is 0 Å². The van der Waals surface area contributed by atoms with Crippen LogP contribution in [0.15, 0.2) is 83.8 Å². The van der Waals surface area contributed by atoms with Crippen LogP contribution < -0.4 is 20.3 Å². The van der Waals surface area contributed by atoms with Crippen LogP contribution in [0.3, 0.4) is 0 Å². The Morgan fingerprint density at radius 1 is 0.840 bits per heavy atom. The highest BCUT2D eigenvalue weighted by atomic mass is 32.2. The van der Waals surface area contributed by atoms with E-state index >= 15 is 0 Å². The molecule has 1 atom stereocenters. The van der Waals surface area contributed by atoms with Crippen LogP contribution in [0.2, 0.25) is 0 Å². The molecule has 1 unspecified atom stereocenters. The van der Waals surface area contributed by atoms with E-state index in [2.05, 4.69) is 15.4 Å². The van der Waals surface area contributed by atoms with Gasteiger partial charge in [0.2, 0.25) is 5.96 Å². The monoisotopic (exact) mass is 709 g/mol. The summed E-state index contributed by atoms with van der Waals surface area (Å²) >= 11 is 0. The first-order chi connectivity index (χ1) is 23.3. The third-order valence-electron chi connectivity index (χ3n) is 6.36. The number of alkyl carbamates (subject to hydrolysis) is 1. The average molecular weight is 710 g/mol. The number of hydrogen-bond donors (Lipinski definition) is 4. The predicted molar refractivity (Wildman–Crippen MR) is 187 cm³/mol. The van der Waals surface area contributed by atoms with Crippen LogP contribution in [0.4, 0.5) is 21.0 Å². The Bertz CT molecular complexity index is 1820. The summed E-state index contributed by atoms with van der Waals surface area (Å²) in [5.74, 6) is -1.74. The maximum atomic E-state index is 13.7. The first kappa shape index (κ1) is 39.0. The molecule has 0 spiro atoms. The molecule has 268 valence electrons. The smallest absolute Gasteiger partial charge is 0.421 e. The van der Waals surface area contributed by atoms with Gasteiger partial charge in [0.25, 0.3) is 15.9 Å². The van der Waals surface area contributed by atoms with E-state index < -0.39 is 57.3 Å². The number of nitrogens with one attached hydrogen (secondary N) is 4. The van der Waals surface area contributed by atoms with E-state index in [4.69, 9.17) is 19.6 Å². The van der Waals surface area contributed by atoms with Crippen LogP contribution >= 0.6 is 0 Å². The van der Waals surface area contributed by atoms with E-state index in [9.17, 15) is 27.6 Å². The van der Waals surface area contributed by atoms with E-state index in [0.29, 0.717) is 16.0 Å². The number of guanidine groups is 1. The molecule has 3 amide bonds. The number of carbonyl (C=O) groups excluding carboxylic acids is 4. The van der Waals surface area contributed by atoms with Crippen molar-refractivity contribution in [2.45, 2.75) is 77.0 Å². The topological polar surface area (TPSA) is 193 Å². The maximum Gasteiger partial charge on any atom is 0.421 e. The lowest BCUT2D eigenvalue weighted by atomic mass is 10.0. The van der Waals surface area contributed by atoms with Gasteiger partial charge < -0.3 is 19.5 Å². The molecule has 0 aliphatic carbocycles. The molecule has 15 heteroatoms. The van der Waals surface area contributed by atoms with Crippen LogP contribution in [0.5, 0.6) is 0 Å². The highest BCUT2D eigenvalue weighted by Gasteiger charge is 2.30. The SMILES string of the molecule is CCOC(=O)CC(NC(=O)c1ccccc1)c1cccc(NS(=O)(=O)c2cccc(N(C(=N)NC(=O)OC(C)(C)C)C(=O)OC(C)(C)C)c2)c1. The first-order valence-corrected chi connectivity index (χ1v) is 17.1. The van der Waals surface area contributed by atoms with Crippen molar-refractivity contribution < 1.29 is 41.8 Å². The van der Waals surface area contributed by atoms with E-state index in [0.717, 1.165) is 6.07 Å². The molecule has 0 aliphatic rings. The van der Waals surface area contributed by atoms with Gasteiger partial charge in [-0.3, -0.25) is 25.0 Å². The summed E-state index contributed by atoms with van der Waals surface area (Å²) in [6, 6.07) is 18.8. The fourth-order valence-electron chi connectivity index (χ4n) is 4.38. The number of benzene rings is 3. The number of ether oxygens (including phenoxy) is 3. The van der Waals surface area contributed by atoms with Crippen molar-refractivity contribution in [3.8, 4) is 0 Å². The number of hydrogen-bond acceptors (Lipinski definition) is 10. The normalized spacial score (nSPS) is 12.1. The van der Waals surface area contributed by atoms with Gasteiger partial charge in [-0.1, -0.05) is 36.4 Å². The van der Waals surface area contributed by atoms with Gasteiger partial charge in [0.05, 0.1) is 29.7 Å². The Balaban J connectivity index is 1.93. The highest BCUT2D eigenvalue weighted by Crippen LogP contribution is 2.26. The fourth-order valence-corrected chi connectivity index (χ4v) is 5.47. The lowest BCUT2D eigenvalue weighted by Gasteiger charge is -2.28. The molecule has 0 saturated heterocycles. The Morgan fingerprint density at radius 3 is 2.10 bits per heavy atom. The van der Waals surface area contributed by atoms with Gasteiger partial charge in [-0.05, 0) is 96.5 Å². The van der Waals surface area contributed by atoms with E-state index in [1.54, 1.807) is 90.9 Å². The maximum absolute atomic E-state index is 13.7. The zero-order chi connectivity index (χ0) is 37.3. The van der Waals surface area contributed by atoms with Crippen molar-refractivity contribution in [2.24, 2.45) is 0 Å². The number of nitrogens with zero attached hydrogens (tertiary/aromatic N) is 1. The third-order valence-corrected chi connectivity index (χ3v) is 7.74. The Labute approximate surface area is 292 Å². The standard InChI is InChI=1S/C35H43N5O9S/c1-8-47-29(41)22-28(37-30(42)23-14-10-9-11-15-23)24-16-12-17-25(20-24)39-50(45,46)27-19-13-18-26(21-27)40(33(44)49-35(5,6)7)31(36)38-32(43)48-34(2,3)4/h9-21,28,39H,8,22H2,1-7H3,(H,37,42)(H2,36,38,43). The second kappa shape index (κ2) is 16.3. The lowest BCUT2D eigenvalue weighted by Crippen LogP contribution is -2.49. The summed E-state index contributed by atoms with van der Waals surface area (Å²) < 4.78 is 45.5. The number of rotatable bonds is 10. The highest BCUT2D eigenvalue weighted by molar-refractivity contribution is 7.92. The van der Waals surface area contributed by atoms with Crippen LogP contribution in [-0.2, 0) is 29.0 Å². The largest absolute Gasteiger partial charge is 0.466 e. The quantitative estimate of drug-likeness (QED) is 0.0831. The van der Waals surface area contributed by atoms with Crippen LogP contribution in [-0.4, -0.2) is 56.2 Å². The van der Waals surface area contributed by atoms with Crippen molar-refractivity contribution in [3.05, 3.63) is 90.0 Å². The molecule has 3 aromatic carbocycles. The number of esters is 1. The van der Waals surface area contributed by atoms with Gasteiger partial charge in [0.1, 0.15) is 11.2 Å². The molecular formula is C35H43N5O9S. The molecule has 14 nitrogen and oxygen atoms in total. The van der Waals surface area contributed by atoms with E-state index in [-0.39, 0.29) is 29.3 Å². The second-order valence-electron chi connectivity index (χ2n) is 12.9. The number of anilines is 2. The van der Waals surface area contributed by atoms with Crippen molar-refractivity contribution in [1.82, 2.24) is 10.6 Å². The van der Waals surface area contributed by atoms with Crippen molar-refractivity contribution in [2.75, 3.05) is 16.2 Å². The summed E-state index contributed by atoms with van der Waals surface area (Å²) in [5, 5.41) is 13.5. The van der Waals surface area contributed by atoms with Gasteiger partial charge in [0, 0.05) is 11.3 Å². The summed E-state index contributed by atoms with van der Waals surface area (Å²) in [7, 11) is -4.33. The van der Waals surface area contributed by atoms with Crippen molar-refractivity contribution >= 4 is 51.4 Å².